The van der Waals surface area contributed by atoms with Gasteiger partial charge in [0.2, 0.25) is 0 Å². The maximum absolute atomic E-state index is 10.2. The predicted molar refractivity (Wildman–Crippen MR) is 89.7 cm³/mol. The molecule has 0 saturated heterocycles. The van der Waals surface area contributed by atoms with Crippen molar-refractivity contribution in [1.29, 1.82) is 0 Å². The van der Waals surface area contributed by atoms with Crippen LogP contribution in [-0.2, 0) is 6.54 Å². The Kier molecular flexibility index (Phi) is 4.80. The number of rotatable bonds is 6. The van der Waals surface area contributed by atoms with Crippen LogP contribution in [0.5, 0.6) is 0 Å². The Morgan fingerprint density at radius 3 is 2.83 bits per heavy atom. The van der Waals surface area contributed by atoms with Gasteiger partial charge in [-0.25, -0.2) is 0 Å². The van der Waals surface area contributed by atoms with Gasteiger partial charge in [-0.1, -0.05) is 23.8 Å². The van der Waals surface area contributed by atoms with Gasteiger partial charge >= 0.3 is 0 Å². The van der Waals surface area contributed by atoms with Crippen LogP contribution in [0.25, 0.3) is 11.3 Å². The molecule has 2 heterocycles. The van der Waals surface area contributed by atoms with Gasteiger partial charge in [0.15, 0.2) is 0 Å². The van der Waals surface area contributed by atoms with Gasteiger partial charge in [0.05, 0.1) is 18.0 Å². The standard InChI is InChI=1S/C18H20N4O/c1-13-3-2-4-15(9-13)18-16(11-21-22-18)10-20-12-17(23)14-5-7-19-8-6-14/h2-9,11,17,20,23H,10,12H2,1H3,(H,21,22). The van der Waals surface area contributed by atoms with Crippen LogP contribution in [0.1, 0.15) is 22.8 Å². The summed E-state index contributed by atoms with van der Waals surface area (Å²) in [4.78, 5) is 3.96. The van der Waals surface area contributed by atoms with E-state index in [0.717, 1.165) is 22.4 Å². The summed E-state index contributed by atoms with van der Waals surface area (Å²) >= 11 is 0. The summed E-state index contributed by atoms with van der Waals surface area (Å²) in [7, 11) is 0. The highest BCUT2D eigenvalue weighted by atomic mass is 16.3. The van der Waals surface area contributed by atoms with E-state index in [1.54, 1.807) is 12.4 Å². The molecule has 5 heteroatoms. The van der Waals surface area contributed by atoms with Gasteiger partial charge in [-0.15, -0.1) is 0 Å². The Labute approximate surface area is 135 Å². The number of hydrogen-bond acceptors (Lipinski definition) is 4. The summed E-state index contributed by atoms with van der Waals surface area (Å²) in [6, 6.07) is 11.9. The third kappa shape index (κ3) is 3.83. The van der Waals surface area contributed by atoms with Crippen LogP contribution in [0.3, 0.4) is 0 Å². The summed E-state index contributed by atoms with van der Waals surface area (Å²) in [5, 5.41) is 20.6. The molecule has 1 atom stereocenters. The zero-order chi connectivity index (χ0) is 16.1. The number of benzene rings is 1. The molecule has 0 aliphatic rings. The fraction of sp³-hybridized carbons (Fsp3) is 0.222. The maximum atomic E-state index is 10.2. The second-order valence-electron chi connectivity index (χ2n) is 5.57. The molecule has 0 aliphatic heterocycles. The monoisotopic (exact) mass is 308 g/mol. The van der Waals surface area contributed by atoms with E-state index in [-0.39, 0.29) is 0 Å². The molecule has 1 aromatic carbocycles. The van der Waals surface area contributed by atoms with E-state index in [4.69, 9.17) is 0 Å². The number of nitrogens with zero attached hydrogens (tertiary/aromatic N) is 2. The lowest BCUT2D eigenvalue weighted by molar-refractivity contribution is 0.174. The number of aliphatic hydroxyl groups excluding tert-OH is 1. The van der Waals surface area contributed by atoms with E-state index < -0.39 is 6.10 Å². The van der Waals surface area contributed by atoms with Gasteiger partial charge in [-0.2, -0.15) is 5.10 Å². The van der Waals surface area contributed by atoms with Crippen LogP contribution in [0.15, 0.2) is 55.0 Å². The van der Waals surface area contributed by atoms with Crippen LogP contribution >= 0.6 is 0 Å². The number of H-pyrrole nitrogens is 1. The first-order chi connectivity index (χ1) is 11.2. The van der Waals surface area contributed by atoms with Gasteiger partial charge in [0.25, 0.3) is 0 Å². The number of aryl methyl sites for hydroxylation is 1. The summed E-state index contributed by atoms with van der Waals surface area (Å²) in [6.07, 6.45) is 4.64. The minimum absolute atomic E-state index is 0.475. The van der Waals surface area contributed by atoms with E-state index in [0.29, 0.717) is 13.1 Å². The highest BCUT2D eigenvalue weighted by Crippen LogP contribution is 2.22. The molecular weight excluding hydrogens is 288 g/mol. The highest BCUT2D eigenvalue weighted by molar-refractivity contribution is 5.63. The molecule has 0 saturated carbocycles. The zero-order valence-corrected chi connectivity index (χ0v) is 13.0. The smallest absolute Gasteiger partial charge is 0.0915 e. The Balaban J connectivity index is 1.63. The average molecular weight is 308 g/mol. The van der Waals surface area contributed by atoms with Crippen molar-refractivity contribution < 1.29 is 5.11 Å². The highest BCUT2D eigenvalue weighted by Gasteiger charge is 2.10. The van der Waals surface area contributed by atoms with E-state index in [2.05, 4.69) is 45.6 Å². The van der Waals surface area contributed by atoms with Gasteiger partial charge in [-0.3, -0.25) is 10.1 Å². The van der Waals surface area contributed by atoms with Crippen LogP contribution in [0.4, 0.5) is 0 Å². The molecule has 3 N–H and O–H groups in total. The maximum Gasteiger partial charge on any atom is 0.0915 e. The third-order valence-electron chi connectivity index (χ3n) is 3.77. The molecule has 0 amide bonds. The largest absolute Gasteiger partial charge is 0.387 e. The average Bonchev–Trinajstić information content (AvgIpc) is 3.04. The molecule has 0 radical (unpaired) electrons. The minimum atomic E-state index is -0.549. The fourth-order valence-electron chi connectivity index (χ4n) is 2.54. The quantitative estimate of drug-likeness (QED) is 0.654. The van der Waals surface area contributed by atoms with Crippen molar-refractivity contribution >= 4 is 0 Å². The van der Waals surface area contributed by atoms with Gasteiger partial charge < -0.3 is 10.4 Å². The number of nitrogens with one attached hydrogen (secondary N) is 2. The van der Waals surface area contributed by atoms with Gasteiger partial charge in [0, 0.05) is 36.6 Å². The normalized spacial score (nSPS) is 12.3. The molecule has 0 spiro atoms. The molecule has 3 rings (SSSR count). The molecule has 2 aromatic heterocycles. The SMILES string of the molecule is Cc1cccc(-c2[nH]ncc2CNCC(O)c2ccncc2)c1. The predicted octanol–water partition coefficient (Wildman–Crippen LogP) is 2.60. The summed E-state index contributed by atoms with van der Waals surface area (Å²) in [5.41, 5.74) is 5.29. The first-order valence-corrected chi connectivity index (χ1v) is 7.62. The van der Waals surface area contributed by atoms with Crippen LogP contribution in [0, 0.1) is 6.92 Å². The topological polar surface area (TPSA) is 73.8 Å². The Morgan fingerprint density at radius 1 is 1.22 bits per heavy atom. The number of aromatic nitrogens is 3. The molecule has 0 aliphatic carbocycles. The Morgan fingerprint density at radius 2 is 2.04 bits per heavy atom. The molecule has 3 aromatic rings. The molecule has 1 unspecified atom stereocenters. The third-order valence-corrected chi connectivity index (χ3v) is 3.77. The van der Waals surface area contributed by atoms with Crippen molar-refractivity contribution in [3.8, 4) is 11.3 Å². The molecular formula is C18H20N4O. The van der Waals surface area contributed by atoms with Crippen molar-refractivity contribution in [2.45, 2.75) is 19.6 Å². The van der Waals surface area contributed by atoms with Crippen LogP contribution in [0.2, 0.25) is 0 Å². The van der Waals surface area contributed by atoms with Crippen molar-refractivity contribution in [1.82, 2.24) is 20.5 Å². The summed E-state index contributed by atoms with van der Waals surface area (Å²) in [5.74, 6) is 0. The molecule has 0 bridgehead atoms. The summed E-state index contributed by atoms with van der Waals surface area (Å²) < 4.78 is 0. The fourth-order valence-corrected chi connectivity index (χ4v) is 2.54. The van der Waals surface area contributed by atoms with Crippen molar-refractivity contribution in [3.05, 3.63) is 71.7 Å². The number of hydrogen-bond donors (Lipinski definition) is 3. The number of aliphatic hydroxyl groups is 1. The minimum Gasteiger partial charge on any atom is -0.387 e. The summed E-state index contributed by atoms with van der Waals surface area (Å²) in [6.45, 7) is 3.19. The lowest BCUT2D eigenvalue weighted by Crippen LogP contribution is -2.21. The lowest BCUT2D eigenvalue weighted by atomic mass is 10.1. The van der Waals surface area contributed by atoms with E-state index in [1.807, 2.05) is 24.4 Å². The Bertz CT molecular complexity index is 754. The second kappa shape index (κ2) is 7.17. The van der Waals surface area contributed by atoms with Crippen LogP contribution in [-0.4, -0.2) is 26.8 Å². The molecule has 0 fully saturated rings. The van der Waals surface area contributed by atoms with Crippen molar-refractivity contribution in [3.63, 3.8) is 0 Å². The van der Waals surface area contributed by atoms with Gasteiger partial charge in [-0.05, 0) is 30.7 Å². The van der Waals surface area contributed by atoms with Crippen molar-refractivity contribution in [2.75, 3.05) is 6.54 Å². The Hall–Kier alpha value is -2.50. The molecule has 118 valence electrons. The molecule has 5 nitrogen and oxygen atoms in total. The van der Waals surface area contributed by atoms with E-state index in [1.165, 1.54) is 5.56 Å². The molecule has 23 heavy (non-hydrogen) atoms. The first-order valence-electron chi connectivity index (χ1n) is 7.62. The van der Waals surface area contributed by atoms with E-state index in [9.17, 15) is 5.11 Å². The zero-order valence-electron chi connectivity index (χ0n) is 13.0. The van der Waals surface area contributed by atoms with Crippen LogP contribution < -0.4 is 5.32 Å². The van der Waals surface area contributed by atoms with Crippen molar-refractivity contribution in [2.24, 2.45) is 0 Å². The lowest BCUT2D eigenvalue weighted by Gasteiger charge is -2.12. The number of aromatic amines is 1. The first kappa shape index (κ1) is 15.4. The van der Waals surface area contributed by atoms with Gasteiger partial charge in [0.1, 0.15) is 0 Å². The van der Waals surface area contributed by atoms with E-state index >= 15 is 0 Å². The number of pyridine rings is 1. The second-order valence-corrected chi connectivity index (χ2v) is 5.57.